The second kappa shape index (κ2) is 12.8. The van der Waals surface area contributed by atoms with E-state index in [-0.39, 0.29) is 38.9 Å². The highest BCUT2D eigenvalue weighted by atomic mass is 16.6. The molecule has 8 heteroatoms. The van der Waals surface area contributed by atoms with E-state index in [9.17, 15) is 19.2 Å². The zero-order valence-electron chi connectivity index (χ0n) is 16.9. The first-order chi connectivity index (χ1) is 15.0. The van der Waals surface area contributed by atoms with E-state index >= 15 is 0 Å². The summed E-state index contributed by atoms with van der Waals surface area (Å²) in [6.45, 7) is -0.198. The van der Waals surface area contributed by atoms with E-state index < -0.39 is 30.0 Å². The van der Waals surface area contributed by atoms with Gasteiger partial charge in [0, 0.05) is 12.8 Å². The summed E-state index contributed by atoms with van der Waals surface area (Å²) in [5, 5.41) is 8.64. The van der Waals surface area contributed by atoms with E-state index in [0.717, 1.165) is 0 Å². The van der Waals surface area contributed by atoms with Crippen LogP contribution in [0, 0.1) is 0 Å². The number of carbonyl (C=O) groups is 4. The highest BCUT2D eigenvalue weighted by molar-refractivity contribution is 5.99. The van der Waals surface area contributed by atoms with Gasteiger partial charge in [0.1, 0.15) is 13.2 Å². The molecule has 2 aromatic carbocycles. The average Bonchev–Trinajstić information content (AvgIpc) is 2.78. The Bertz CT molecular complexity index is 808. The van der Waals surface area contributed by atoms with Gasteiger partial charge in [0.15, 0.2) is 0 Å². The van der Waals surface area contributed by atoms with Crippen molar-refractivity contribution in [3.63, 3.8) is 0 Å². The highest BCUT2D eigenvalue weighted by Gasteiger charge is 2.34. The smallest absolute Gasteiger partial charge is 0.359 e. The Morgan fingerprint density at radius 1 is 0.710 bits per heavy atom. The molecule has 0 fully saturated rings. The molecule has 0 radical (unpaired) electrons. The normalized spacial score (nSPS) is 10.4. The Morgan fingerprint density at radius 2 is 1.16 bits per heavy atom. The maximum Gasteiger partial charge on any atom is 0.359 e. The van der Waals surface area contributed by atoms with Crippen molar-refractivity contribution in [2.24, 2.45) is 0 Å². The molecule has 0 spiro atoms. The van der Waals surface area contributed by atoms with Gasteiger partial charge in [-0.1, -0.05) is 60.7 Å². The van der Waals surface area contributed by atoms with Gasteiger partial charge in [0.25, 0.3) is 6.10 Å². The zero-order chi connectivity index (χ0) is 22.5. The van der Waals surface area contributed by atoms with Crippen LogP contribution in [0.25, 0.3) is 0 Å². The van der Waals surface area contributed by atoms with Crippen LogP contribution in [0.4, 0.5) is 0 Å². The second-order valence-corrected chi connectivity index (χ2v) is 6.66. The molecule has 0 aliphatic rings. The van der Waals surface area contributed by atoms with E-state index in [1.54, 1.807) is 60.7 Å². The summed E-state index contributed by atoms with van der Waals surface area (Å²) in [4.78, 5) is 47.5. The molecule has 0 unspecified atom stereocenters. The van der Waals surface area contributed by atoms with Crippen LogP contribution in [0.1, 0.15) is 36.8 Å². The number of carboxylic acid groups (broad SMARTS) is 1. The summed E-state index contributed by atoms with van der Waals surface area (Å²) in [6, 6.07) is 17.7. The number of rotatable bonds is 12. The number of unbranched alkanes of at least 4 members (excludes halogenated alkanes) is 1. The van der Waals surface area contributed by atoms with Crippen molar-refractivity contribution in [1.29, 1.82) is 0 Å². The second-order valence-electron chi connectivity index (χ2n) is 6.66. The predicted octanol–water partition coefficient (Wildman–Crippen LogP) is 3.03. The minimum atomic E-state index is -1.86. The van der Waals surface area contributed by atoms with Crippen molar-refractivity contribution in [2.75, 3.05) is 0 Å². The van der Waals surface area contributed by atoms with Gasteiger partial charge in [0.05, 0.1) is 0 Å². The topological polar surface area (TPSA) is 116 Å². The largest absolute Gasteiger partial charge is 0.481 e. The summed E-state index contributed by atoms with van der Waals surface area (Å²) in [7, 11) is 0. The van der Waals surface area contributed by atoms with Gasteiger partial charge in [-0.15, -0.1) is 0 Å². The van der Waals surface area contributed by atoms with Crippen LogP contribution in [0.15, 0.2) is 60.7 Å². The van der Waals surface area contributed by atoms with Crippen LogP contribution in [0.3, 0.4) is 0 Å². The fourth-order valence-electron chi connectivity index (χ4n) is 2.54. The minimum Gasteiger partial charge on any atom is -0.481 e. The molecule has 164 valence electrons. The first-order valence-corrected chi connectivity index (χ1v) is 9.78. The number of hydrogen-bond acceptors (Lipinski definition) is 7. The molecule has 2 rings (SSSR count). The van der Waals surface area contributed by atoms with Crippen molar-refractivity contribution >= 4 is 23.9 Å². The van der Waals surface area contributed by atoms with Crippen molar-refractivity contribution in [1.82, 2.24) is 0 Å². The lowest BCUT2D eigenvalue weighted by atomic mass is 10.2. The van der Waals surface area contributed by atoms with E-state index in [1.165, 1.54) is 0 Å². The van der Waals surface area contributed by atoms with Crippen LogP contribution in [-0.2, 0) is 46.6 Å². The minimum absolute atomic E-state index is 0.0884. The Hall–Kier alpha value is -3.68. The van der Waals surface area contributed by atoms with Crippen LogP contribution in [-0.4, -0.2) is 35.1 Å². The number of hydrogen-bond donors (Lipinski definition) is 1. The molecule has 0 aliphatic carbocycles. The summed E-state index contributed by atoms with van der Waals surface area (Å²) < 4.78 is 15.3. The number of esters is 3. The molecular weight excluding hydrogens is 404 g/mol. The Kier molecular flexibility index (Phi) is 9.74. The zero-order valence-corrected chi connectivity index (χ0v) is 16.9. The lowest BCUT2D eigenvalue weighted by Gasteiger charge is -2.16. The van der Waals surface area contributed by atoms with Crippen molar-refractivity contribution in [2.45, 2.75) is 45.0 Å². The number of ether oxygens (including phenoxy) is 3. The van der Waals surface area contributed by atoms with E-state index in [2.05, 4.69) is 0 Å². The van der Waals surface area contributed by atoms with Crippen molar-refractivity contribution < 1.29 is 38.5 Å². The molecular formula is C23H24O8. The number of benzene rings is 2. The van der Waals surface area contributed by atoms with E-state index in [0.29, 0.717) is 11.1 Å². The van der Waals surface area contributed by atoms with Gasteiger partial charge < -0.3 is 19.3 Å². The fourth-order valence-corrected chi connectivity index (χ4v) is 2.54. The van der Waals surface area contributed by atoms with Gasteiger partial charge in [-0.25, -0.2) is 9.59 Å². The molecule has 0 atom stereocenters. The third-order valence-corrected chi connectivity index (χ3v) is 4.15. The predicted molar refractivity (Wildman–Crippen MR) is 108 cm³/mol. The third-order valence-electron chi connectivity index (χ3n) is 4.15. The Morgan fingerprint density at radius 3 is 1.61 bits per heavy atom. The summed E-state index contributed by atoms with van der Waals surface area (Å²) in [6.07, 6.45) is -1.57. The molecule has 2 aromatic rings. The van der Waals surface area contributed by atoms with Crippen LogP contribution in [0.5, 0.6) is 0 Å². The molecule has 1 N–H and O–H groups in total. The average molecular weight is 428 g/mol. The van der Waals surface area contributed by atoms with Gasteiger partial charge in [0.2, 0.25) is 0 Å². The Balaban J connectivity index is 1.95. The van der Waals surface area contributed by atoms with E-state index in [4.69, 9.17) is 19.3 Å². The van der Waals surface area contributed by atoms with Gasteiger partial charge in [-0.05, 0) is 24.0 Å². The molecule has 0 aliphatic heterocycles. The number of carbonyl (C=O) groups excluding carboxylic acids is 3. The summed E-state index contributed by atoms with van der Waals surface area (Å²) >= 11 is 0. The lowest BCUT2D eigenvalue weighted by Crippen LogP contribution is -2.37. The monoisotopic (exact) mass is 428 g/mol. The SMILES string of the molecule is O=C(O)CCCCC(=O)OC(C(=O)OCc1ccccc1)C(=O)OCc1ccccc1. The lowest BCUT2D eigenvalue weighted by molar-refractivity contribution is -0.181. The molecule has 8 nitrogen and oxygen atoms in total. The highest BCUT2D eigenvalue weighted by Crippen LogP contribution is 2.10. The Labute approximate surface area is 179 Å². The molecule has 0 amide bonds. The third kappa shape index (κ3) is 9.12. The van der Waals surface area contributed by atoms with E-state index in [1.807, 2.05) is 0 Å². The molecule has 0 bridgehead atoms. The van der Waals surface area contributed by atoms with Crippen LogP contribution < -0.4 is 0 Å². The molecule has 0 saturated heterocycles. The molecule has 31 heavy (non-hydrogen) atoms. The number of aliphatic carboxylic acids is 1. The maximum absolute atomic E-state index is 12.4. The quantitative estimate of drug-likeness (QED) is 0.237. The van der Waals surface area contributed by atoms with Crippen molar-refractivity contribution in [3.8, 4) is 0 Å². The van der Waals surface area contributed by atoms with Gasteiger partial charge >= 0.3 is 23.9 Å². The first-order valence-electron chi connectivity index (χ1n) is 9.78. The van der Waals surface area contributed by atoms with Gasteiger partial charge in [-0.3, -0.25) is 9.59 Å². The molecule has 0 heterocycles. The van der Waals surface area contributed by atoms with Gasteiger partial charge in [-0.2, -0.15) is 0 Å². The molecule has 0 aromatic heterocycles. The fraction of sp³-hybridized carbons (Fsp3) is 0.304. The van der Waals surface area contributed by atoms with Crippen LogP contribution >= 0.6 is 0 Å². The number of carboxylic acids is 1. The standard InChI is InChI=1S/C23H24O8/c24-19(25)13-7-8-14-20(26)31-21(22(27)29-15-17-9-3-1-4-10-17)23(28)30-16-18-11-5-2-6-12-18/h1-6,9-12,21H,7-8,13-16H2,(H,24,25). The molecule has 0 saturated carbocycles. The summed E-state index contributed by atoms with van der Waals surface area (Å²) in [5.74, 6) is -3.87. The maximum atomic E-state index is 12.4. The summed E-state index contributed by atoms with van der Waals surface area (Å²) in [5.41, 5.74) is 1.40. The van der Waals surface area contributed by atoms with Crippen LogP contribution in [0.2, 0.25) is 0 Å². The first kappa shape index (κ1) is 23.6. The van der Waals surface area contributed by atoms with Crippen molar-refractivity contribution in [3.05, 3.63) is 71.8 Å².